The van der Waals surface area contributed by atoms with Crippen molar-refractivity contribution < 1.29 is 38.8 Å². The Bertz CT molecular complexity index is 661. The van der Waals surface area contributed by atoms with Gasteiger partial charge in [0, 0.05) is 7.11 Å². The summed E-state index contributed by atoms with van der Waals surface area (Å²) in [4.78, 5) is 36.0. The second-order valence-corrected chi connectivity index (χ2v) is 4.19. The summed E-state index contributed by atoms with van der Waals surface area (Å²) >= 11 is 0. The smallest absolute Gasteiger partial charge is 0.240 e. The average Bonchev–Trinajstić information content (AvgIpc) is 2.46. The third-order valence-corrected chi connectivity index (χ3v) is 3.18. The molecular formula is C13H12O8. The number of hydrogen-bond acceptors (Lipinski definition) is 8. The van der Waals surface area contributed by atoms with Crippen LogP contribution in [0.3, 0.4) is 0 Å². The molecule has 0 amide bonds. The lowest BCUT2D eigenvalue weighted by atomic mass is 9.84. The van der Waals surface area contributed by atoms with Gasteiger partial charge in [0.05, 0.1) is 25.3 Å². The second-order valence-electron chi connectivity index (χ2n) is 4.19. The van der Waals surface area contributed by atoms with Crippen LogP contribution in [0.15, 0.2) is 0 Å². The maximum absolute atomic E-state index is 12.2. The first-order chi connectivity index (χ1) is 9.90. The predicted molar refractivity (Wildman–Crippen MR) is 67.3 cm³/mol. The number of hydrogen-bond donors (Lipinski definition) is 2. The monoisotopic (exact) mass is 296 g/mol. The summed E-state index contributed by atoms with van der Waals surface area (Å²) in [5.74, 6) is -5.33. The first-order valence-electron chi connectivity index (χ1n) is 5.76. The molecule has 1 aromatic rings. The molecule has 0 bridgehead atoms. The maximum Gasteiger partial charge on any atom is 0.240 e. The Morgan fingerprint density at radius 3 is 1.71 bits per heavy atom. The summed E-state index contributed by atoms with van der Waals surface area (Å²) in [6.07, 6.45) is -1.66. The van der Waals surface area contributed by atoms with Gasteiger partial charge in [-0.2, -0.15) is 0 Å². The zero-order valence-corrected chi connectivity index (χ0v) is 11.4. The lowest BCUT2D eigenvalue weighted by Crippen LogP contribution is -2.42. The van der Waals surface area contributed by atoms with Gasteiger partial charge in [-0.05, 0) is 0 Å². The van der Waals surface area contributed by atoms with Gasteiger partial charge in [0.2, 0.25) is 28.8 Å². The van der Waals surface area contributed by atoms with Crippen molar-refractivity contribution in [1.82, 2.24) is 0 Å². The summed E-state index contributed by atoms with van der Waals surface area (Å²) in [6, 6.07) is 0. The van der Waals surface area contributed by atoms with E-state index < -0.39 is 46.1 Å². The van der Waals surface area contributed by atoms with Crippen LogP contribution >= 0.6 is 0 Å². The molecule has 1 aliphatic rings. The van der Waals surface area contributed by atoms with E-state index in [2.05, 4.69) is 4.74 Å². The van der Waals surface area contributed by atoms with Gasteiger partial charge in [-0.15, -0.1) is 0 Å². The second kappa shape index (κ2) is 5.06. The number of phenols is 2. The van der Waals surface area contributed by atoms with Crippen molar-refractivity contribution in [3.63, 3.8) is 0 Å². The van der Waals surface area contributed by atoms with Crippen molar-refractivity contribution in [2.24, 2.45) is 0 Å². The first kappa shape index (κ1) is 14.8. The number of benzene rings is 1. The average molecular weight is 296 g/mol. The number of carbonyl (C=O) groups excluding carboxylic acids is 3. The molecule has 112 valence electrons. The number of carbonyl (C=O) groups is 3. The van der Waals surface area contributed by atoms with Crippen LogP contribution in [0.2, 0.25) is 0 Å². The number of phenolic OH excluding ortho intramolecular Hbond substituents is 2. The third kappa shape index (κ3) is 1.83. The van der Waals surface area contributed by atoms with Crippen LogP contribution < -0.4 is 9.47 Å². The Labute approximate surface area is 118 Å². The molecule has 0 fully saturated rings. The highest BCUT2D eigenvalue weighted by Gasteiger charge is 2.46. The van der Waals surface area contributed by atoms with E-state index in [0.29, 0.717) is 0 Å². The Morgan fingerprint density at radius 2 is 1.29 bits per heavy atom. The van der Waals surface area contributed by atoms with Gasteiger partial charge in [-0.3, -0.25) is 14.4 Å². The molecule has 0 spiro atoms. The fraction of sp³-hybridized carbons (Fsp3) is 0.308. The molecule has 2 N–H and O–H groups in total. The highest BCUT2D eigenvalue weighted by molar-refractivity contribution is 6.54. The number of ketones is 3. The minimum absolute atomic E-state index is 0.320. The van der Waals surface area contributed by atoms with Crippen LogP contribution in [0.5, 0.6) is 23.0 Å². The highest BCUT2D eigenvalue weighted by atomic mass is 16.5. The molecule has 0 saturated heterocycles. The van der Waals surface area contributed by atoms with Gasteiger partial charge in [0.25, 0.3) is 0 Å². The molecule has 8 heteroatoms. The van der Waals surface area contributed by atoms with Crippen LogP contribution in [-0.4, -0.2) is 55.0 Å². The predicted octanol–water partition coefficient (Wildman–Crippen LogP) is 0.0781. The zero-order chi connectivity index (χ0) is 15.9. The van der Waals surface area contributed by atoms with Crippen molar-refractivity contribution in [1.29, 1.82) is 0 Å². The van der Waals surface area contributed by atoms with E-state index in [-0.39, 0.29) is 11.5 Å². The molecule has 1 unspecified atom stereocenters. The van der Waals surface area contributed by atoms with Gasteiger partial charge < -0.3 is 24.4 Å². The molecule has 0 heterocycles. The fourth-order valence-corrected chi connectivity index (χ4v) is 2.23. The summed E-state index contributed by atoms with van der Waals surface area (Å²) in [6.45, 7) is 0. The minimum Gasteiger partial charge on any atom is -0.504 e. The number of Topliss-reactive ketones (excluding diaryl/α,β-unsaturated/α-hetero) is 3. The van der Waals surface area contributed by atoms with Crippen LogP contribution in [0.4, 0.5) is 0 Å². The molecule has 0 aromatic heterocycles. The van der Waals surface area contributed by atoms with E-state index in [4.69, 9.17) is 9.47 Å². The summed E-state index contributed by atoms with van der Waals surface area (Å²) < 4.78 is 14.4. The lowest BCUT2D eigenvalue weighted by molar-refractivity contribution is -0.122. The molecule has 0 saturated carbocycles. The molecule has 8 nitrogen and oxygen atoms in total. The van der Waals surface area contributed by atoms with Crippen LogP contribution in [-0.2, 0) is 9.53 Å². The first-order valence-corrected chi connectivity index (χ1v) is 5.76. The summed E-state index contributed by atoms with van der Waals surface area (Å²) in [7, 11) is 3.42. The molecule has 0 aliphatic heterocycles. The van der Waals surface area contributed by atoms with Gasteiger partial charge in [0.15, 0.2) is 17.6 Å². The van der Waals surface area contributed by atoms with Gasteiger partial charge in [-0.25, -0.2) is 0 Å². The Kier molecular flexibility index (Phi) is 3.56. The van der Waals surface area contributed by atoms with Crippen molar-refractivity contribution >= 4 is 17.3 Å². The largest absolute Gasteiger partial charge is 0.504 e. The Balaban J connectivity index is 2.89. The molecule has 1 atom stereocenters. The number of ether oxygens (including phenoxy) is 3. The summed E-state index contributed by atoms with van der Waals surface area (Å²) in [5.41, 5.74) is -1.14. The lowest BCUT2D eigenvalue weighted by Gasteiger charge is -2.23. The highest BCUT2D eigenvalue weighted by Crippen LogP contribution is 2.50. The quantitative estimate of drug-likeness (QED) is 0.457. The standard InChI is InChI=1S/C13H12O8/c1-19-11-7(15)5-4(6(14)10(11)18)8(16)12(20-2)13(21-3)9(5)17/h11,16-17H,1-3H3. The molecule has 2 rings (SSSR count). The van der Waals surface area contributed by atoms with E-state index in [1.54, 1.807) is 0 Å². The van der Waals surface area contributed by atoms with Crippen LogP contribution in [0, 0.1) is 0 Å². The number of rotatable bonds is 3. The van der Waals surface area contributed by atoms with E-state index in [1.165, 1.54) is 7.11 Å². The molecule has 1 aliphatic carbocycles. The number of fused-ring (bicyclic) bond motifs is 1. The van der Waals surface area contributed by atoms with E-state index in [9.17, 15) is 24.6 Å². The topological polar surface area (TPSA) is 119 Å². The van der Waals surface area contributed by atoms with Crippen molar-refractivity contribution in [3.8, 4) is 23.0 Å². The van der Waals surface area contributed by atoms with Gasteiger partial charge >= 0.3 is 0 Å². The Morgan fingerprint density at radius 1 is 0.810 bits per heavy atom. The van der Waals surface area contributed by atoms with Crippen LogP contribution in [0.1, 0.15) is 20.7 Å². The summed E-state index contributed by atoms with van der Waals surface area (Å²) in [5, 5.41) is 20.2. The fourth-order valence-electron chi connectivity index (χ4n) is 2.23. The zero-order valence-electron chi connectivity index (χ0n) is 11.4. The number of aromatic hydroxyl groups is 2. The van der Waals surface area contributed by atoms with Crippen molar-refractivity contribution in [2.75, 3.05) is 21.3 Å². The third-order valence-electron chi connectivity index (χ3n) is 3.18. The van der Waals surface area contributed by atoms with E-state index >= 15 is 0 Å². The molecule has 21 heavy (non-hydrogen) atoms. The minimum atomic E-state index is -1.66. The van der Waals surface area contributed by atoms with Crippen molar-refractivity contribution in [3.05, 3.63) is 11.1 Å². The maximum atomic E-state index is 12.2. The van der Waals surface area contributed by atoms with E-state index in [1.807, 2.05) is 0 Å². The normalized spacial score (nSPS) is 17.7. The Hall–Kier alpha value is -2.61. The molecule has 0 radical (unpaired) electrons. The van der Waals surface area contributed by atoms with E-state index in [0.717, 1.165) is 14.2 Å². The number of methoxy groups -OCH3 is 3. The van der Waals surface area contributed by atoms with Gasteiger partial charge in [0.1, 0.15) is 0 Å². The molecule has 1 aromatic carbocycles. The van der Waals surface area contributed by atoms with Crippen molar-refractivity contribution in [2.45, 2.75) is 6.10 Å². The van der Waals surface area contributed by atoms with Crippen LogP contribution in [0.25, 0.3) is 0 Å². The molecular weight excluding hydrogens is 284 g/mol. The SMILES string of the molecule is COc1c(O)c2c(c(O)c1OC)C(=O)C(OC)C(=O)C2=O. The van der Waals surface area contributed by atoms with Gasteiger partial charge in [-0.1, -0.05) is 0 Å².